The number of ether oxygens (including phenoxy) is 1. The number of nitro benzene ring substituents is 1. The quantitative estimate of drug-likeness (QED) is 0.338. The first-order valence-electron chi connectivity index (χ1n) is 8.46. The number of nitrogens with one attached hydrogen (secondary N) is 3. The van der Waals surface area contributed by atoms with Crippen LogP contribution >= 0.6 is 0 Å². The van der Waals surface area contributed by atoms with E-state index in [9.17, 15) is 28.1 Å². The van der Waals surface area contributed by atoms with Gasteiger partial charge < -0.3 is 20.7 Å². The molecule has 0 radical (unpaired) electrons. The Balaban J connectivity index is 1.74. The van der Waals surface area contributed by atoms with Crippen molar-refractivity contribution in [2.45, 2.75) is 25.1 Å². The maximum atomic E-state index is 12.7. The lowest BCUT2D eigenvalue weighted by atomic mass is 10.1. The molecule has 1 aromatic carbocycles. The van der Waals surface area contributed by atoms with Crippen LogP contribution in [0.25, 0.3) is 0 Å². The molecule has 1 aliphatic rings. The van der Waals surface area contributed by atoms with Crippen LogP contribution < -0.4 is 16.0 Å². The molecule has 1 unspecified atom stereocenters. The Morgan fingerprint density at radius 1 is 1.33 bits per heavy atom. The van der Waals surface area contributed by atoms with Crippen molar-refractivity contribution in [2.75, 3.05) is 38.1 Å². The smallest absolute Gasteiger partial charge is 0.378 e. The van der Waals surface area contributed by atoms with Gasteiger partial charge in [0.1, 0.15) is 5.69 Å². The molecule has 1 fully saturated rings. The molecule has 27 heavy (non-hydrogen) atoms. The number of carbonyl (C=O) groups is 1. The number of hydrogen-bond donors (Lipinski definition) is 3. The number of hydrogen-bond acceptors (Lipinski definition) is 6. The first kappa shape index (κ1) is 20.9. The molecule has 2 rings (SSSR count). The standard InChI is InChI=1S/C16H21F3N4O4/c17-16(18,19)11-3-4-13(14(8-11)23(25)26)21-5-6-22-15(24)10-20-9-12-2-1-7-27-12/h3-4,8,12,20-21H,1-2,5-7,9-10H2,(H,22,24). The van der Waals surface area contributed by atoms with E-state index >= 15 is 0 Å². The van der Waals surface area contributed by atoms with E-state index in [0.717, 1.165) is 31.6 Å². The number of carbonyl (C=O) groups excluding carboxylic acids is 1. The van der Waals surface area contributed by atoms with E-state index in [1.165, 1.54) is 0 Å². The predicted molar refractivity (Wildman–Crippen MR) is 91.4 cm³/mol. The first-order valence-corrected chi connectivity index (χ1v) is 8.46. The number of nitrogens with zero attached hydrogens (tertiary/aromatic N) is 1. The third-order valence-electron chi connectivity index (χ3n) is 3.97. The van der Waals surface area contributed by atoms with Gasteiger partial charge in [0.05, 0.1) is 23.1 Å². The molecule has 1 aromatic rings. The van der Waals surface area contributed by atoms with Gasteiger partial charge in [0.15, 0.2) is 0 Å². The monoisotopic (exact) mass is 390 g/mol. The summed E-state index contributed by atoms with van der Waals surface area (Å²) in [5.74, 6) is -0.253. The Kier molecular flexibility index (Phi) is 7.36. The van der Waals surface area contributed by atoms with Crippen LogP contribution in [0, 0.1) is 10.1 Å². The van der Waals surface area contributed by atoms with Gasteiger partial charge in [-0.1, -0.05) is 0 Å². The summed E-state index contributed by atoms with van der Waals surface area (Å²) in [7, 11) is 0. The molecule has 0 saturated carbocycles. The van der Waals surface area contributed by atoms with Gasteiger partial charge in [0, 0.05) is 32.3 Å². The number of rotatable bonds is 9. The Morgan fingerprint density at radius 3 is 2.74 bits per heavy atom. The highest BCUT2D eigenvalue weighted by atomic mass is 19.4. The van der Waals surface area contributed by atoms with E-state index in [1.54, 1.807) is 0 Å². The summed E-state index contributed by atoms with van der Waals surface area (Å²) in [4.78, 5) is 21.8. The molecular weight excluding hydrogens is 369 g/mol. The second-order valence-electron chi connectivity index (χ2n) is 6.03. The molecular formula is C16H21F3N4O4. The molecule has 0 spiro atoms. The molecule has 0 aliphatic carbocycles. The van der Waals surface area contributed by atoms with Crippen LogP contribution in [0.2, 0.25) is 0 Å². The minimum atomic E-state index is -4.66. The van der Waals surface area contributed by atoms with E-state index in [0.29, 0.717) is 12.6 Å². The van der Waals surface area contributed by atoms with Crippen LogP contribution in [0.15, 0.2) is 18.2 Å². The summed E-state index contributed by atoms with van der Waals surface area (Å²) in [5, 5.41) is 19.2. The number of alkyl halides is 3. The van der Waals surface area contributed by atoms with E-state index in [1.807, 2.05) is 0 Å². The molecule has 1 atom stereocenters. The Labute approximate surface area is 153 Å². The molecule has 11 heteroatoms. The fourth-order valence-corrected chi connectivity index (χ4v) is 2.62. The molecule has 3 N–H and O–H groups in total. The SMILES string of the molecule is O=C(CNCC1CCCO1)NCCNc1ccc(C(F)(F)F)cc1[N+](=O)[O-]. The molecule has 1 heterocycles. The summed E-state index contributed by atoms with van der Waals surface area (Å²) in [6.45, 7) is 1.73. The largest absolute Gasteiger partial charge is 0.416 e. The van der Waals surface area contributed by atoms with Crippen LogP contribution in [0.4, 0.5) is 24.5 Å². The molecule has 0 bridgehead atoms. The fourth-order valence-electron chi connectivity index (χ4n) is 2.62. The van der Waals surface area contributed by atoms with Crippen molar-refractivity contribution in [3.05, 3.63) is 33.9 Å². The van der Waals surface area contributed by atoms with Crippen molar-refractivity contribution in [1.29, 1.82) is 0 Å². The molecule has 8 nitrogen and oxygen atoms in total. The number of benzene rings is 1. The maximum absolute atomic E-state index is 12.7. The van der Waals surface area contributed by atoms with Crippen molar-refractivity contribution >= 4 is 17.3 Å². The summed E-state index contributed by atoms with van der Waals surface area (Å²) < 4.78 is 43.4. The summed E-state index contributed by atoms with van der Waals surface area (Å²) in [5.41, 5.74) is -1.81. The van der Waals surface area contributed by atoms with Gasteiger partial charge in [-0.05, 0) is 25.0 Å². The highest BCUT2D eigenvalue weighted by Crippen LogP contribution is 2.34. The summed E-state index contributed by atoms with van der Waals surface area (Å²) >= 11 is 0. The number of amides is 1. The van der Waals surface area contributed by atoms with Crippen molar-refractivity contribution in [3.8, 4) is 0 Å². The molecule has 150 valence electrons. The molecule has 1 amide bonds. The Morgan fingerprint density at radius 2 is 2.11 bits per heavy atom. The van der Waals surface area contributed by atoms with Crippen LogP contribution in [0.5, 0.6) is 0 Å². The van der Waals surface area contributed by atoms with Gasteiger partial charge in [0.2, 0.25) is 5.91 Å². The third kappa shape index (κ3) is 6.68. The number of halogens is 3. The molecule has 1 saturated heterocycles. The molecule has 0 aromatic heterocycles. The van der Waals surface area contributed by atoms with Gasteiger partial charge in [-0.15, -0.1) is 0 Å². The van der Waals surface area contributed by atoms with Gasteiger partial charge in [-0.3, -0.25) is 14.9 Å². The van der Waals surface area contributed by atoms with E-state index in [-0.39, 0.29) is 37.3 Å². The van der Waals surface area contributed by atoms with E-state index in [4.69, 9.17) is 4.74 Å². The van der Waals surface area contributed by atoms with Crippen molar-refractivity contribution in [3.63, 3.8) is 0 Å². The van der Waals surface area contributed by atoms with Crippen molar-refractivity contribution in [2.24, 2.45) is 0 Å². The third-order valence-corrected chi connectivity index (χ3v) is 3.97. The summed E-state index contributed by atoms with van der Waals surface area (Å²) in [6.07, 6.45) is -2.56. The van der Waals surface area contributed by atoms with Crippen LogP contribution in [-0.4, -0.2) is 49.7 Å². The topological polar surface area (TPSA) is 106 Å². The average Bonchev–Trinajstić information content (AvgIpc) is 3.11. The average molecular weight is 390 g/mol. The van der Waals surface area contributed by atoms with Gasteiger partial charge in [-0.2, -0.15) is 13.2 Å². The molecule has 1 aliphatic heterocycles. The van der Waals surface area contributed by atoms with Crippen LogP contribution in [-0.2, 0) is 15.7 Å². The number of anilines is 1. The zero-order valence-corrected chi connectivity index (χ0v) is 14.5. The van der Waals surface area contributed by atoms with Crippen molar-refractivity contribution < 1.29 is 27.6 Å². The van der Waals surface area contributed by atoms with Gasteiger partial charge >= 0.3 is 6.18 Å². The Bertz CT molecular complexity index is 664. The van der Waals surface area contributed by atoms with Crippen molar-refractivity contribution in [1.82, 2.24) is 10.6 Å². The highest BCUT2D eigenvalue weighted by molar-refractivity contribution is 5.78. The summed E-state index contributed by atoms with van der Waals surface area (Å²) in [6, 6.07) is 2.25. The minimum Gasteiger partial charge on any atom is -0.378 e. The van der Waals surface area contributed by atoms with Gasteiger partial charge in [-0.25, -0.2) is 0 Å². The first-order chi connectivity index (χ1) is 12.8. The van der Waals surface area contributed by atoms with E-state index < -0.39 is 22.4 Å². The lowest BCUT2D eigenvalue weighted by Crippen LogP contribution is -2.38. The van der Waals surface area contributed by atoms with Crippen LogP contribution in [0.1, 0.15) is 18.4 Å². The Hall–Kier alpha value is -2.40. The minimum absolute atomic E-state index is 0.0428. The zero-order chi connectivity index (χ0) is 19.9. The van der Waals surface area contributed by atoms with Gasteiger partial charge in [0.25, 0.3) is 5.69 Å². The van der Waals surface area contributed by atoms with Crippen LogP contribution in [0.3, 0.4) is 0 Å². The normalized spacial score (nSPS) is 16.9. The lowest BCUT2D eigenvalue weighted by Gasteiger charge is -2.12. The predicted octanol–water partition coefficient (Wildman–Crippen LogP) is 1.91. The second-order valence-corrected chi connectivity index (χ2v) is 6.03. The second kappa shape index (κ2) is 9.51. The highest BCUT2D eigenvalue weighted by Gasteiger charge is 2.33. The lowest BCUT2D eigenvalue weighted by molar-refractivity contribution is -0.384. The maximum Gasteiger partial charge on any atom is 0.416 e. The fraction of sp³-hybridized carbons (Fsp3) is 0.562. The zero-order valence-electron chi connectivity index (χ0n) is 14.5. The number of nitro groups is 1. The van der Waals surface area contributed by atoms with E-state index in [2.05, 4.69) is 16.0 Å².